The molecule has 0 aliphatic rings. The molecule has 0 rings (SSSR count). The molecule has 0 aliphatic heterocycles. The molecular weight excluding hydrogens is 189 g/mol. The van der Waals surface area contributed by atoms with Gasteiger partial charge in [0.25, 0.3) is 0 Å². The summed E-state index contributed by atoms with van der Waals surface area (Å²) in [5.41, 5.74) is 0. The van der Waals surface area contributed by atoms with E-state index in [1.54, 1.807) is 16.5 Å². The average Bonchev–Trinajstić information content (AvgIpc) is 1.64. The van der Waals surface area contributed by atoms with Crippen molar-refractivity contribution in [1.82, 2.24) is 0 Å². The summed E-state index contributed by atoms with van der Waals surface area (Å²) in [7, 11) is -1.59. The minimum absolute atomic E-state index is 0.144. The predicted octanol–water partition coefficient (Wildman–Crippen LogP) is 0.562. The number of hydrogen-bond acceptors (Lipinski definition) is 1. The van der Waals surface area contributed by atoms with Gasteiger partial charge in [0, 0.05) is 0 Å². The van der Waals surface area contributed by atoms with Crippen molar-refractivity contribution in [2.45, 2.75) is 19.6 Å². The first-order valence-electron chi connectivity index (χ1n) is 2.70. The fourth-order valence-electron chi connectivity index (χ4n) is 0.244. The summed E-state index contributed by atoms with van der Waals surface area (Å²) in [6.45, 7) is 6.00. The second-order valence-electron chi connectivity index (χ2n) is 2.83. The minimum atomic E-state index is -1.59. The number of rotatable bonds is 1. The van der Waals surface area contributed by atoms with Crippen molar-refractivity contribution in [3.63, 3.8) is 0 Å². The van der Waals surface area contributed by atoms with Crippen LogP contribution in [0.15, 0.2) is 0 Å². The average molecular weight is 198 g/mol. The van der Waals surface area contributed by atoms with Crippen LogP contribution in [-0.4, -0.2) is 30.0 Å². The van der Waals surface area contributed by atoms with E-state index in [1.807, 2.05) is 19.6 Å². The molecule has 0 heterocycles. The standard InChI is InChI=1S/C6H9GeOSi/c1-9(2,3)6(8)4-5-7/h1-3H3. The maximum absolute atomic E-state index is 11.0. The molecule has 47 valence electrons. The first-order valence-corrected chi connectivity index (χ1v) is 7.25. The van der Waals surface area contributed by atoms with Crippen LogP contribution in [0.4, 0.5) is 0 Å². The van der Waals surface area contributed by atoms with E-state index in [0.717, 1.165) is 0 Å². The molecule has 0 spiro atoms. The van der Waals surface area contributed by atoms with E-state index >= 15 is 0 Å². The third kappa shape index (κ3) is 3.55. The van der Waals surface area contributed by atoms with Gasteiger partial charge in [-0.25, -0.2) is 0 Å². The third-order valence-electron chi connectivity index (χ3n) is 0.857. The molecule has 3 heteroatoms. The molecule has 0 unspecified atom stereocenters. The molecule has 9 heavy (non-hydrogen) atoms. The van der Waals surface area contributed by atoms with Crippen LogP contribution in [0, 0.1) is 10.7 Å². The van der Waals surface area contributed by atoms with Gasteiger partial charge in [0.15, 0.2) is 0 Å². The zero-order valence-corrected chi connectivity index (χ0v) is 9.01. The second-order valence-corrected chi connectivity index (χ2v) is 8.31. The third-order valence-corrected chi connectivity index (χ3v) is 2.61. The molecule has 0 saturated heterocycles. The molecule has 0 fully saturated rings. The molecule has 3 radical (unpaired) electrons. The van der Waals surface area contributed by atoms with Gasteiger partial charge in [-0.05, 0) is 0 Å². The van der Waals surface area contributed by atoms with Crippen molar-refractivity contribution in [2.75, 3.05) is 0 Å². The van der Waals surface area contributed by atoms with Crippen LogP contribution in [0.25, 0.3) is 0 Å². The van der Waals surface area contributed by atoms with Crippen molar-refractivity contribution >= 4 is 30.0 Å². The Hall–Kier alpha value is -0.0103. The summed E-state index contributed by atoms with van der Waals surface area (Å²) >= 11 is 1.69. The number of hydrogen-bond donors (Lipinski definition) is 0. The predicted molar refractivity (Wildman–Crippen MR) is 41.9 cm³/mol. The van der Waals surface area contributed by atoms with Crippen LogP contribution < -0.4 is 0 Å². The van der Waals surface area contributed by atoms with Gasteiger partial charge < -0.3 is 0 Å². The molecule has 1 nitrogen and oxygen atoms in total. The van der Waals surface area contributed by atoms with E-state index in [9.17, 15) is 4.79 Å². The van der Waals surface area contributed by atoms with Gasteiger partial charge >= 0.3 is 65.1 Å². The second kappa shape index (κ2) is 3.23. The Morgan fingerprint density at radius 3 is 2.00 bits per heavy atom. The zero-order valence-electron chi connectivity index (χ0n) is 5.91. The van der Waals surface area contributed by atoms with Gasteiger partial charge in [0.05, 0.1) is 0 Å². The number of carbonyl (C=O) groups is 1. The summed E-state index contributed by atoms with van der Waals surface area (Å²) in [4.78, 5) is 11.0. The van der Waals surface area contributed by atoms with Gasteiger partial charge in [-0.15, -0.1) is 0 Å². The molecule has 0 N–H and O–H groups in total. The summed E-state index contributed by atoms with van der Waals surface area (Å²) in [5.74, 6) is 2.56. The molecule has 0 amide bonds. The van der Waals surface area contributed by atoms with Gasteiger partial charge in [-0.3, -0.25) is 0 Å². The van der Waals surface area contributed by atoms with E-state index in [1.165, 1.54) is 0 Å². The maximum atomic E-state index is 11.0. The van der Waals surface area contributed by atoms with E-state index in [4.69, 9.17) is 0 Å². The number of carbonyl (C=O) groups excluding carboxylic acids is 1. The van der Waals surface area contributed by atoms with Crippen LogP contribution in [-0.2, 0) is 4.79 Å². The van der Waals surface area contributed by atoms with E-state index in [2.05, 4.69) is 10.7 Å². The van der Waals surface area contributed by atoms with Crippen LogP contribution >= 0.6 is 0 Å². The molecular formula is C6H9GeOSi. The Labute approximate surface area is 65.5 Å². The Bertz CT molecular complexity index is 170. The molecule has 0 saturated carbocycles. The van der Waals surface area contributed by atoms with Crippen molar-refractivity contribution < 1.29 is 4.79 Å². The molecule has 0 aromatic heterocycles. The monoisotopic (exact) mass is 199 g/mol. The SMILES string of the molecule is C[Si](C)(C)C(=O)C#[C][Ge]. The summed E-state index contributed by atoms with van der Waals surface area (Å²) < 4.78 is 2.61. The Balaban J connectivity index is 4.17. The van der Waals surface area contributed by atoms with E-state index in [0.29, 0.717) is 0 Å². The fraction of sp³-hybridized carbons (Fsp3) is 0.500. The quantitative estimate of drug-likeness (QED) is 0.444. The topological polar surface area (TPSA) is 17.1 Å². The van der Waals surface area contributed by atoms with Gasteiger partial charge in [0.1, 0.15) is 0 Å². The van der Waals surface area contributed by atoms with E-state index < -0.39 is 8.07 Å². The molecule has 0 aromatic rings. The van der Waals surface area contributed by atoms with Crippen molar-refractivity contribution in [2.24, 2.45) is 0 Å². The first-order chi connectivity index (χ1) is 3.98. The van der Waals surface area contributed by atoms with Crippen molar-refractivity contribution in [3.8, 4) is 10.7 Å². The normalized spacial score (nSPS) is 9.78. The summed E-state index contributed by atoms with van der Waals surface area (Å²) in [5, 5.41) is 0.144. The zero-order chi connectivity index (χ0) is 7.49. The van der Waals surface area contributed by atoms with Crippen molar-refractivity contribution in [3.05, 3.63) is 0 Å². The van der Waals surface area contributed by atoms with Crippen LogP contribution in [0.3, 0.4) is 0 Å². The molecule has 0 bridgehead atoms. The molecule has 0 aliphatic carbocycles. The summed E-state index contributed by atoms with van der Waals surface area (Å²) in [6.07, 6.45) is 0. The molecule has 0 atom stereocenters. The first kappa shape index (κ1) is 8.99. The summed E-state index contributed by atoms with van der Waals surface area (Å²) in [6, 6.07) is 0. The van der Waals surface area contributed by atoms with Gasteiger partial charge in [-0.1, -0.05) is 0 Å². The Kier molecular flexibility index (Phi) is 3.23. The van der Waals surface area contributed by atoms with Gasteiger partial charge in [0.2, 0.25) is 0 Å². The van der Waals surface area contributed by atoms with Crippen LogP contribution in [0.1, 0.15) is 0 Å². The van der Waals surface area contributed by atoms with E-state index in [-0.39, 0.29) is 5.41 Å². The Morgan fingerprint density at radius 1 is 1.44 bits per heavy atom. The fourth-order valence-corrected chi connectivity index (χ4v) is 1.18. The van der Waals surface area contributed by atoms with Crippen molar-refractivity contribution in [1.29, 1.82) is 0 Å². The van der Waals surface area contributed by atoms with Crippen LogP contribution in [0.2, 0.25) is 19.6 Å². The van der Waals surface area contributed by atoms with Gasteiger partial charge in [-0.2, -0.15) is 0 Å². The Morgan fingerprint density at radius 2 is 1.89 bits per heavy atom. The molecule has 0 aromatic carbocycles. The van der Waals surface area contributed by atoms with Crippen LogP contribution in [0.5, 0.6) is 0 Å².